The van der Waals surface area contributed by atoms with Crippen molar-refractivity contribution in [2.45, 2.75) is 0 Å². The van der Waals surface area contributed by atoms with Crippen LogP contribution in [0.25, 0.3) is 0 Å². The second-order valence-electron chi connectivity index (χ2n) is 2.43. The van der Waals surface area contributed by atoms with E-state index in [4.69, 9.17) is 23.2 Å². The maximum atomic E-state index is 10.9. The van der Waals surface area contributed by atoms with Gasteiger partial charge in [0.15, 0.2) is 0 Å². The molecular formula is C9H7Cl2NO2. The van der Waals surface area contributed by atoms with Gasteiger partial charge in [-0.3, -0.25) is 14.9 Å². The summed E-state index contributed by atoms with van der Waals surface area (Å²) in [5.41, 5.74) is 0.940. The number of carbonyl (C=O) groups is 2. The summed E-state index contributed by atoms with van der Waals surface area (Å²) in [6.07, 6.45) is 0. The zero-order valence-electron chi connectivity index (χ0n) is 7.09. The molecule has 2 amide bonds. The van der Waals surface area contributed by atoms with Crippen LogP contribution in [0, 0.1) is 0 Å². The molecule has 5 heteroatoms. The van der Waals surface area contributed by atoms with Gasteiger partial charge in [0.25, 0.3) is 11.8 Å². The number of amides is 2. The van der Waals surface area contributed by atoms with Crippen molar-refractivity contribution in [3.63, 3.8) is 0 Å². The minimum atomic E-state index is -0.300. The second kappa shape index (κ2) is 4.98. The molecule has 1 aromatic carbocycles. The third-order valence-corrected chi connectivity index (χ3v) is 1.64. The van der Waals surface area contributed by atoms with E-state index in [-0.39, 0.29) is 17.2 Å². The summed E-state index contributed by atoms with van der Waals surface area (Å²) in [5.74, 6) is -0.601. The third kappa shape index (κ3) is 2.25. The topological polar surface area (TPSA) is 46.2 Å². The molecule has 0 saturated carbocycles. The van der Waals surface area contributed by atoms with Gasteiger partial charge in [0.2, 0.25) is 0 Å². The van der Waals surface area contributed by atoms with Crippen LogP contribution in [0.3, 0.4) is 0 Å². The van der Waals surface area contributed by atoms with E-state index >= 15 is 0 Å². The van der Waals surface area contributed by atoms with Crippen molar-refractivity contribution in [3.05, 3.63) is 35.4 Å². The van der Waals surface area contributed by atoms with Crippen molar-refractivity contribution < 1.29 is 9.59 Å². The van der Waals surface area contributed by atoms with Gasteiger partial charge in [0.1, 0.15) is 0 Å². The molecule has 3 nitrogen and oxygen atoms in total. The summed E-state index contributed by atoms with van der Waals surface area (Å²) in [6.45, 7) is 0. The molecule has 0 spiro atoms. The minimum Gasteiger partial charge on any atom is -0.288 e. The van der Waals surface area contributed by atoms with E-state index in [0.717, 1.165) is 0 Å². The van der Waals surface area contributed by atoms with Crippen LogP contribution in [0.1, 0.15) is 20.7 Å². The Kier molecular flexibility index (Phi) is 3.92. The predicted octanol–water partition coefficient (Wildman–Crippen LogP) is 1.99. The first-order chi connectivity index (χ1) is 6.70. The first kappa shape index (κ1) is 11.0. The van der Waals surface area contributed by atoms with E-state index in [2.05, 4.69) is 5.32 Å². The van der Waals surface area contributed by atoms with Gasteiger partial charge in [-0.25, -0.2) is 0 Å². The van der Waals surface area contributed by atoms with Crippen LogP contribution >= 0.6 is 23.2 Å². The van der Waals surface area contributed by atoms with Crippen LogP contribution in [-0.2, 0) is 0 Å². The van der Waals surface area contributed by atoms with Crippen LogP contribution in [-0.4, -0.2) is 17.2 Å². The number of imide groups is 1. The number of carbonyl (C=O) groups excluding carboxylic acids is 2. The molecule has 1 aromatic rings. The Morgan fingerprint density at radius 1 is 1.00 bits per heavy atom. The average molecular weight is 232 g/mol. The third-order valence-electron chi connectivity index (χ3n) is 1.64. The number of hydrogen-bond donors (Lipinski definition) is 1. The summed E-state index contributed by atoms with van der Waals surface area (Å²) < 4.78 is 0. The van der Waals surface area contributed by atoms with Gasteiger partial charge in [-0.2, -0.15) is 0 Å². The largest absolute Gasteiger partial charge is 0.288 e. The summed E-state index contributed by atoms with van der Waals surface area (Å²) in [4.78, 5) is 21.9. The van der Waals surface area contributed by atoms with Gasteiger partial charge < -0.3 is 0 Å². The molecule has 2 rings (SSSR count). The summed E-state index contributed by atoms with van der Waals surface area (Å²) >= 11 is 9.53. The van der Waals surface area contributed by atoms with E-state index in [1.54, 1.807) is 24.3 Å². The number of benzene rings is 1. The molecule has 0 saturated heterocycles. The van der Waals surface area contributed by atoms with Crippen molar-refractivity contribution in [2.24, 2.45) is 0 Å². The fourth-order valence-corrected chi connectivity index (χ4v) is 1.12. The van der Waals surface area contributed by atoms with E-state index in [1.807, 2.05) is 0 Å². The SMILES string of the molecule is ClCCl.O=C1NC(=O)c2ccccc21. The van der Waals surface area contributed by atoms with Crippen molar-refractivity contribution in [1.29, 1.82) is 0 Å². The molecule has 1 heterocycles. The fourth-order valence-electron chi connectivity index (χ4n) is 1.12. The molecule has 0 atom stereocenters. The normalized spacial score (nSPS) is 12.7. The molecule has 74 valence electrons. The lowest BCUT2D eigenvalue weighted by Crippen LogP contribution is -2.19. The smallest absolute Gasteiger partial charge is 0.258 e. The molecule has 0 unspecified atom stereocenters. The Morgan fingerprint density at radius 3 is 1.71 bits per heavy atom. The van der Waals surface area contributed by atoms with Crippen LogP contribution in [0.5, 0.6) is 0 Å². The molecule has 0 bridgehead atoms. The lowest BCUT2D eigenvalue weighted by atomic mass is 10.1. The Hall–Kier alpha value is -1.06. The Morgan fingerprint density at radius 2 is 1.36 bits per heavy atom. The highest BCUT2D eigenvalue weighted by Crippen LogP contribution is 2.13. The average Bonchev–Trinajstić information content (AvgIpc) is 2.45. The van der Waals surface area contributed by atoms with E-state index < -0.39 is 0 Å². The molecule has 1 aliphatic rings. The second-order valence-corrected chi connectivity index (χ2v) is 3.24. The van der Waals surface area contributed by atoms with E-state index in [9.17, 15) is 9.59 Å². The maximum Gasteiger partial charge on any atom is 0.258 e. The van der Waals surface area contributed by atoms with Crippen molar-refractivity contribution in [3.8, 4) is 0 Å². The highest BCUT2D eigenvalue weighted by molar-refractivity contribution is 6.40. The molecule has 14 heavy (non-hydrogen) atoms. The standard InChI is InChI=1S/C8H5NO2.CH2Cl2/c10-7-5-3-1-2-4-6(5)8(11)9-7;2-1-3/h1-4H,(H,9,10,11);1H2. The lowest BCUT2D eigenvalue weighted by Gasteiger charge is -1.88. The summed E-state index contributed by atoms with van der Waals surface area (Å²) in [7, 11) is 0. The Labute approximate surface area is 91.0 Å². The molecule has 0 aromatic heterocycles. The first-order valence-corrected chi connectivity index (χ1v) is 4.84. The molecule has 0 fully saturated rings. The number of halogens is 2. The number of rotatable bonds is 0. The van der Waals surface area contributed by atoms with E-state index in [0.29, 0.717) is 11.1 Å². The number of fused-ring (bicyclic) bond motifs is 1. The van der Waals surface area contributed by atoms with Crippen molar-refractivity contribution in [1.82, 2.24) is 5.32 Å². The highest BCUT2D eigenvalue weighted by atomic mass is 35.5. The van der Waals surface area contributed by atoms with Crippen LogP contribution in [0.15, 0.2) is 24.3 Å². The number of nitrogens with one attached hydrogen (secondary N) is 1. The molecule has 0 aliphatic carbocycles. The van der Waals surface area contributed by atoms with Crippen LogP contribution in [0.2, 0.25) is 0 Å². The zero-order valence-corrected chi connectivity index (χ0v) is 8.60. The predicted molar refractivity (Wildman–Crippen MR) is 54.8 cm³/mol. The monoisotopic (exact) mass is 231 g/mol. The first-order valence-electron chi connectivity index (χ1n) is 3.77. The quantitative estimate of drug-likeness (QED) is 0.549. The van der Waals surface area contributed by atoms with Gasteiger partial charge in [0.05, 0.1) is 16.5 Å². The minimum absolute atomic E-state index is 0.194. The summed E-state index contributed by atoms with van der Waals surface area (Å²) in [5, 5.41) is 2.40. The highest BCUT2D eigenvalue weighted by Gasteiger charge is 2.25. The van der Waals surface area contributed by atoms with Crippen molar-refractivity contribution >= 4 is 35.0 Å². The number of alkyl halides is 2. The van der Waals surface area contributed by atoms with Gasteiger partial charge in [-0.05, 0) is 12.1 Å². The van der Waals surface area contributed by atoms with Crippen LogP contribution < -0.4 is 5.32 Å². The van der Waals surface area contributed by atoms with Crippen LogP contribution in [0.4, 0.5) is 0 Å². The molecule has 1 N–H and O–H groups in total. The van der Waals surface area contributed by atoms with Gasteiger partial charge in [-0.1, -0.05) is 12.1 Å². The molecule has 0 radical (unpaired) electrons. The van der Waals surface area contributed by atoms with E-state index in [1.165, 1.54) is 0 Å². The van der Waals surface area contributed by atoms with Gasteiger partial charge in [0, 0.05) is 0 Å². The Balaban J connectivity index is 0.000000293. The van der Waals surface area contributed by atoms with Gasteiger partial charge >= 0.3 is 0 Å². The lowest BCUT2D eigenvalue weighted by molar-refractivity contribution is 0.0879. The van der Waals surface area contributed by atoms with Crippen molar-refractivity contribution in [2.75, 3.05) is 5.34 Å². The van der Waals surface area contributed by atoms with Gasteiger partial charge in [-0.15, -0.1) is 23.2 Å². The maximum absolute atomic E-state index is 10.9. The zero-order chi connectivity index (χ0) is 10.6. The molecular weight excluding hydrogens is 225 g/mol. The Bertz CT molecular complexity index is 333. The summed E-state index contributed by atoms with van der Waals surface area (Å²) in [6, 6.07) is 6.74. The molecule has 1 aliphatic heterocycles. The number of hydrogen-bond acceptors (Lipinski definition) is 2. The fraction of sp³-hybridized carbons (Fsp3) is 0.111.